The van der Waals surface area contributed by atoms with E-state index in [4.69, 9.17) is 10.5 Å². The van der Waals surface area contributed by atoms with Crippen LogP contribution in [0.2, 0.25) is 0 Å². The number of alkyl carbamates (subject to hydrolysis) is 1. The zero-order chi connectivity index (χ0) is 37.3. The second kappa shape index (κ2) is 17.4. The fraction of sp³-hybridized carbons (Fsp3) is 0.405. The van der Waals surface area contributed by atoms with Crippen LogP contribution >= 0.6 is 0 Å². The smallest absolute Gasteiger partial charge is 0.407 e. The molecular formula is C42H48N6O5. The summed E-state index contributed by atoms with van der Waals surface area (Å²) in [6.07, 6.45) is 6.58. The van der Waals surface area contributed by atoms with Crippen LogP contribution in [0.1, 0.15) is 80.4 Å². The first-order valence-corrected chi connectivity index (χ1v) is 18.7. The van der Waals surface area contributed by atoms with E-state index in [1.165, 1.54) is 10.6 Å². The van der Waals surface area contributed by atoms with Crippen LogP contribution < -0.4 is 27.2 Å². The van der Waals surface area contributed by atoms with Gasteiger partial charge >= 0.3 is 6.09 Å². The number of hydrogen-bond donors (Lipinski definition) is 4. The number of anilines is 1. The summed E-state index contributed by atoms with van der Waals surface area (Å²) in [7, 11) is 0. The Hall–Kier alpha value is -5.47. The number of benzene rings is 3. The first-order chi connectivity index (χ1) is 25.8. The second-order valence-electron chi connectivity index (χ2n) is 14.2. The fourth-order valence-electron chi connectivity index (χ4n) is 7.89. The molecule has 5 N–H and O–H groups in total. The largest absolute Gasteiger partial charge is 0.449 e. The molecule has 2 atom stereocenters. The zero-order valence-corrected chi connectivity index (χ0v) is 30.2. The van der Waals surface area contributed by atoms with Gasteiger partial charge in [0.1, 0.15) is 25.2 Å². The molecule has 0 radical (unpaired) electrons. The maximum Gasteiger partial charge on any atom is 0.407 e. The molecule has 1 heterocycles. The number of aryl methyl sites for hydroxylation is 1. The summed E-state index contributed by atoms with van der Waals surface area (Å²) in [5.74, 6) is -0.754. The van der Waals surface area contributed by atoms with Gasteiger partial charge in [-0.25, -0.2) is 4.79 Å². The Bertz CT molecular complexity index is 2020. The number of nitrogens with one attached hydrogen (secondary N) is 3. The minimum absolute atomic E-state index is 0.120. The van der Waals surface area contributed by atoms with Crippen LogP contribution in [0.25, 0.3) is 22.0 Å². The molecule has 276 valence electrons. The summed E-state index contributed by atoms with van der Waals surface area (Å²) in [4.78, 5) is 54.0. The van der Waals surface area contributed by atoms with Crippen LogP contribution in [0.15, 0.2) is 77.6 Å². The average Bonchev–Trinajstić information content (AvgIpc) is 3.48. The molecule has 0 bridgehead atoms. The fourth-order valence-corrected chi connectivity index (χ4v) is 7.89. The van der Waals surface area contributed by atoms with Crippen molar-refractivity contribution in [2.75, 3.05) is 18.5 Å². The summed E-state index contributed by atoms with van der Waals surface area (Å²) in [6, 6.07) is 23.1. The molecule has 0 aliphatic heterocycles. The third-order valence-corrected chi connectivity index (χ3v) is 10.6. The Morgan fingerprint density at radius 1 is 0.906 bits per heavy atom. The molecule has 1 saturated carbocycles. The average molecular weight is 717 g/mol. The van der Waals surface area contributed by atoms with E-state index in [1.807, 2.05) is 37.3 Å². The second-order valence-corrected chi connectivity index (χ2v) is 14.2. The molecule has 0 unspecified atom stereocenters. The molecule has 2 aliphatic carbocycles. The van der Waals surface area contributed by atoms with Crippen molar-refractivity contribution in [1.82, 2.24) is 15.2 Å². The van der Waals surface area contributed by atoms with Crippen molar-refractivity contribution < 1.29 is 19.1 Å². The number of ether oxygens (including phenoxy) is 1. The lowest BCUT2D eigenvalue weighted by Gasteiger charge is -2.28. The van der Waals surface area contributed by atoms with E-state index >= 15 is 0 Å². The highest BCUT2D eigenvalue weighted by Gasteiger charge is 2.32. The maximum atomic E-state index is 14.1. The van der Waals surface area contributed by atoms with Crippen LogP contribution in [0, 0.1) is 24.2 Å². The van der Waals surface area contributed by atoms with E-state index < -0.39 is 30.0 Å². The third kappa shape index (κ3) is 8.78. The highest BCUT2D eigenvalue weighted by Crippen LogP contribution is 2.44. The lowest BCUT2D eigenvalue weighted by atomic mass is 9.84. The van der Waals surface area contributed by atoms with Crippen LogP contribution in [-0.2, 0) is 20.9 Å². The van der Waals surface area contributed by atoms with Gasteiger partial charge in [-0.1, -0.05) is 86.7 Å². The van der Waals surface area contributed by atoms with Gasteiger partial charge in [0.15, 0.2) is 0 Å². The van der Waals surface area contributed by atoms with Crippen molar-refractivity contribution in [2.24, 2.45) is 11.7 Å². The summed E-state index contributed by atoms with van der Waals surface area (Å²) < 4.78 is 7.20. The predicted molar refractivity (Wildman–Crippen MR) is 205 cm³/mol. The quantitative estimate of drug-likeness (QED) is 0.112. The summed E-state index contributed by atoms with van der Waals surface area (Å²) in [6.45, 7) is 2.25. The maximum absolute atomic E-state index is 14.1. The SMILES string of the molecule is Cc1cc(=O)n(CC#N)c2cc(NC(=O)[C@H](CCCCN)NC(=O)[C@H](CC3CCCCC3)NC(=O)OCC3c4ccccc4-c4ccccc43)ccc12. The molecule has 2 aliphatic rings. The normalized spacial score (nSPS) is 15.1. The van der Waals surface area contributed by atoms with Gasteiger partial charge in [0.25, 0.3) is 5.56 Å². The standard InChI is InChI=1S/C42H48N6O5/c1-27-23-39(49)48(22-21-44)38-25-29(18-19-30(27)38)45-40(50)36(17-9-10-20-43)46-41(51)37(24-28-11-3-2-4-12-28)47-42(52)53-26-35-33-15-7-5-13-31(33)32-14-6-8-16-34(32)35/h5-8,13-16,18-19,23,25,28,35-37H,2-4,9-12,17,20,22,24,26,43H2,1H3,(H,45,50)(H,46,51)(H,47,52)/t36-,37-/m0/s1. The number of rotatable bonds is 14. The number of carbonyl (C=O) groups is 3. The van der Waals surface area contributed by atoms with Crippen LogP contribution in [0.4, 0.5) is 10.5 Å². The Morgan fingerprint density at radius 2 is 1.60 bits per heavy atom. The van der Waals surface area contributed by atoms with Gasteiger partial charge in [0, 0.05) is 23.1 Å². The molecule has 1 fully saturated rings. The minimum Gasteiger partial charge on any atom is -0.449 e. The monoisotopic (exact) mass is 716 g/mol. The van der Waals surface area contributed by atoms with Crippen LogP contribution in [-0.4, -0.2) is 47.7 Å². The summed E-state index contributed by atoms with van der Waals surface area (Å²) in [5.41, 5.74) is 11.6. The Balaban J connectivity index is 1.17. The molecule has 1 aromatic heterocycles. The molecule has 3 aromatic carbocycles. The van der Waals surface area contributed by atoms with Gasteiger partial charge in [-0.2, -0.15) is 5.26 Å². The molecule has 53 heavy (non-hydrogen) atoms. The molecule has 0 saturated heterocycles. The van der Waals surface area contributed by atoms with Gasteiger partial charge in [-0.3, -0.25) is 19.0 Å². The van der Waals surface area contributed by atoms with Crippen LogP contribution in [0.5, 0.6) is 0 Å². The number of fused-ring (bicyclic) bond motifs is 4. The van der Waals surface area contributed by atoms with Gasteiger partial charge in [-0.15, -0.1) is 0 Å². The highest BCUT2D eigenvalue weighted by atomic mass is 16.5. The van der Waals surface area contributed by atoms with Gasteiger partial charge in [0.2, 0.25) is 11.8 Å². The van der Waals surface area contributed by atoms with Crippen LogP contribution in [0.3, 0.4) is 0 Å². The van der Waals surface area contributed by atoms with Crippen molar-refractivity contribution in [3.05, 3.63) is 99.8 Å². The van der Waals surface area contributed by atoms with Gasteiger partial charge in [-0.05, 0) is 85.0 Å². The predicted octanol–water partition coefficient (Wildman–Crippen LogP) is 6.26. The highest BCUT2D eigenvalue weighted by molar-refractivity contribution is 5.99. The lowest BCUT2D eigenvalue weighted by Crippen LogP contribution is -2.53. The van der Waals surface area contributed by atoms with Gasteiger partial charge in [0.05, 0.1) is 11.6 Å². The third-order valence-electron chi connectivity index (χ3n) is 10.6. The molecular weight excluding hydrogens is 668 g/mol. The topological polar surface area (TPSA) is 168 Å². The molecule has 6 rings (SSSR count). The number of nitriles is 1. The first kappa shape index (κ1) is 37.3. The number of unbranched alkanes of at least 4 members (excludes halogenated alkanes) is 1. The molecule has 11 nitrogen and oxygen atoms in total. The number of carbonyl (C=O) groups excluding carboxylic acids is 3. The Kier molecular flexibility index (Phi) is 12.2. The Morgan fingerprint density at radius 3 is 2.28 bits per heavy atom. The molecule has 11 heteroatoms. The summed E-state index contributed by atoms with van der Waals surface area (Å²) in [5, 5.41) is 18.8. The number of amides is 3. The molecule has 0 spiro atoms. The number of nitrogens with zero attached hydrogens (tertiary/aromatic N) is 2. The Labute approximate surface area is 309 Å². The van der Waals surface area contributed by atoms with Crippen molar-refractivity contribution in [2.45, 2.75) is 89.3 Å². The van der Waals surface area contributed by atoms with E-state index in [1.54, 1.807) is 18.2 Å². The van der Waals surface area contributed by atoms with Crippen molar-refractivity contribution in [3.8, 4) is 17.2 Å². The van der Waals surface area contributed by atoms with E-state index in [0.29, 0.717) is 43.4 Å². The van der Waals surface area contributed by atoms with Crippen molar-refractivity contribution >= 4 is 34.5 Å². The zero-order valence-electron chi connectivity index (χ0n) is 30.2. The number of hydrogen-bond acceptors (Lipinski definition) is 7. The van der Waals surface area contributed by atoms with Crippen molar-refractivity contribution in [1.29, 1.82) is 5.26 Å². The van der Waals surface area contributed by atoms with E-state index in [0.717, 1.165) is 65.3 Å². The first-order valence-electron chi connectivity index (χ1n) is 18.7. The lowest BCUT2D eigenvalue weighted by molar-refractivity contribution is -0.128. The van der Waals surface area contributed by atoms with E-state index in [9.17, 15) is 24.4 Å². The number of nitrogens with two attached hydrogens (primary N) is 1. The van der Waals surface area contributed by atoms with Gasteiger partial charge < -0.3 is 26.4 Å². The minimum atomic E-state index is -0.915. The van der Waals surface area contributed by atoms with E-state index in [2.05, 4.69) is 40.2 Å². The number of aromatic nitrogens is 1. The number of pyridine rings is 1. The summed E-state index contributed by atoms with van der Waals surface area (Å²) >= 11 is 0. The molecule has 4 aromatic rings. The van der Waals surface area contributed by atoms with E-state index in [-0.39, 0.29) is 30.5 Å². The molecule has 3 amide bonds. The van der Waals surface area contributed by atoms with Crippen molar-refractivity contribution in [3.63, 3.8) is 0 Å².